The lowest BCUT2D eigenvalue weighted by Crippen LogP contribution is -2.12. The van der Waals surface area contributed by atoms with E-state index in [9.17, 15) is 0 Å². The van der Waals surface area contributed by atoms with Gasteiger partial charge in [-0.25, -0.2) is 0 Å². The summed E-state index contributed by atoms with van der Waals surface area (Å²) < 4.78 is 2.45. The lowest BCUT2D eigenvalue weighted by molar-refractivity contribution is 1.19. The van der Waals surface area contributed by atoms with Gasteiger partial charge in [-0.15, -0.1) is 0 Å². The minimum Gasteiger partial charge on any atom is -0.309 e. The molecule has 1 heterocycles. The van der Waals surface area contributed by atoms with E-state index in [0.717, 1.165) is 45.0 Å². The first-order chi connectivity index (χ1) is 31.8. The first-order valence-electron chi connectivity index (χ1n) is 22.0. The Bertz CT molecular complexity index is 3600. The van der Waals surface area contributed by atoms with Crippen LogP contribution in [0.15, 0.2) is 255 Å². The SMILES string of the molecule is c1ccc(-c2ccccc2N(c2ccc(-c3c(-n4c5ccccc5c5ccccc54)ccc4ccccc34)cc2)c2ccc(-c3cccc4ccccc34)cc2-c2ccccc2)cc1. The quantitative estimate of drug-likeness (QED) is 0.148. The summed E-state index contributed by atoms with van der Waals surface area (Å²) in [5.74, 6) is 0. The summed E-state index contributed by atoms with van der Waals surface area (Å²) >= 11 is 0. The van der Waals surface area contributed by atoms with Gasteiger partial charge in [0.15, 0.2) is 0 Å². The Labute approximate surface area is 373 Å². The highest BCUT2D eigenvalue weighted by Crippen LogP contribution is 2.47. The van der Waals surface area contributed by atoms with Crippen LogP contribution < -0.4 is 4.90 Å². The van der Waals surface area contributed by atoms with Crippen LogP contribution in [0, 0.1) is 0 Å². The van der Waals surface area contributed by atoms with Gasteiger partial charge < -0.3 is 9.47 Å². The monoisotopic (exact) mass is 814 g/mol. The van der Waals surface area contributed by atoms with E-state index >= 15 is 0 Å². The highest BCUT2D eigenvalue weighted by Gasteiger charge is 2.23. The van der Waals surface area contributed by atoms with Crippen LogP contribution in [0.2, 0.25) is 0 Å². The van der Waals surface area contributed by atoms with Gasteiger partial charge in [0, 0.05) is 33.2 Å². The van der Waals surface area contributed by atoms with Gasteiger partial charge in [0.2, 0.25) is 0 Å². The number of aromatic nitrogens is 1. The molecular weight excluding hydrogens is 773 g/mol. The molecule has 0 atom stereocenters. The van der Waals surface area contributed by atoms with E-state index in [1.54, 1.807) is 0 Å². The summed E-state index contributed by atoms with van der Waals surface area (Å²) in [6.07, 6.45) is 0. The van der Waals surface area contributed by atoms with E-state index in [4.69, 9.17) is 0 Å². The molecular formula is C62H42N2. The molecule has 0 aliphatic rings. The van der Waals surface area contributed by atoms with E-state index in [1.807, 2.05) is 0 Å². The summed E-state index contributed by atoms with van der Waals surface area (Å²) in [5, 5.41) is 7.41. The predicted octanol–water partition coefficient (Wildman–Crippen LogP) is 17.2. The lowest BCUT2D eigenvalue weighted by Gasteiger charge is -2.30. The minimum absolute atomic E-state index is 1.07. The van der Waals surface area contributed by atoms with Crippen LogP contribution in [0.1, 0.15) is 0 Å². The van der Waals surface area contributed by atoms with Crippen LogP contribution in [0.25, 0.3) is 93.5 Å². The van der Waals surface area contributed by atoms with Gasteiger partial charge in [-0.1, -0.05) is 206 Å². The van der Waals surface area contributed by atoms with Gasteiger partial charge in [0.05, 0.1) is 28.1 Å². The largest absolute Gasteiger partial charge is 0.309 e. The minimum atomic E-state index is 1.07. The highest BCUT2D eigenvalue weighted by molar-refractivity contribution is 6.11. The standard InChI is InChI=1S/C62H42N2/c1-3-18-44(19-4-1)52-26-11-14-31-57(52)63(60-40-37-48(42-56(60)45-20-5-2-6-21-45)51-30-17-24-43-22-7-9-25-50(43)51)49-38-34-47(35-39-49)62-53-27-10-8-23-46(53)36-41-61(62)64-58-32-15-12-28-54(58)55-29-13-16-33-59(55)64/h1-42H. The summed E-state index contributed by atoms with van der Waals surface area (Å²) in [5.41, 5.74) is 16.2. The Balaban J connectivity index is 1.09. The Morgan fingerprint density at radius 2 is 0.781 bits per heavy atom. The van der Waals surface area contributed by atoms with Crippen molar-refractivity contribution in [3.8, 4) is 50.2 Å². The Hall–Kier alpha value is -8.46. The molecule has 300 valence electrons. The fraction of sp³-hybridized carbons (Fsp3) is 0. The third-order valence-electron chi connectivity index (χ3n) is 12.8. The van der Waals surface area contributed by atoms with Crippen molar-refractivity contribution < 1.29 is 0 Å². The molecule has 2 nitrogen and oxygen atoms in total. The summed E-state index contributed by atoms with van der Waals surface area (Å²) in [6, 6.07) is 92.8. The van der Waals surface area contributed by atoms with Crippen LogP contribution in [-0.4, -0.2) is 4.57 Å². The Kier molecular flexibility index (Phi) is 9.20. The van der Waals surface area contributed by atoms with Crippen molar-refractivity contribution in [1.29, 1.82) is 0 Å². The molecule has 2 heteroatoms. The smallest absolute Gasteiger partial charge is 0.0547 e. The third kappa shape index (κ3) is 6.35. The molecule has 0 N–H and O–H groups in total. The van der Waals surface area contributed by atoms with Gasteiger partial charge in [0.1, 0.15) is 0 Å². The molecule has 12 rings (SSSR count). The molecule has 11 aromatic carbocycles. The average molecular weight is 815 g/mol. The molecule has 0 radical (unpaired) electrons. The van der Waals surface area contributed by atoms with Gasteiger partial charge >= 0.3 is 0 Å². The number of hydrogen-bond donors (Lipinski definition) is 0. The average Bonchev–Trinajstić information content (AvgIpc) is 3.71. The number of rotatable bonds is 8. The molecule has 12 aromatic rings. The second-order valence-electron chi connectivity index (χ2n) is 16.4. The van der Waals surface area contributed by atoms with Gasteiger partial charge in [-0.3, -0.25) is 0 Å². The molecule has 0 aliphatic heterocycles. The lowest BCUT2D eigenvalue weighted by atomic mass is 9.92. The molecule has 0 bridgehead atoms. The second kappa shape index (κ2) is 15.8. The molecule has 0 unspecified atom stereocenters. The summed E-state index contributed by atoms with van der Waals surface area (Å²) in [7, 11) is 0. The molecule has 0 saturated heterocycles. The van der Waals surface area contributed by atoms with E-state index in [1.165, 1.54) is 65.6 Å². The van der Waals surface area contributed by atoms with Gasteiger partial charge in [0.25, 0.3) is 0 Å². The fourth-order valence-corrected chi connectivity index (χ4v) is 9.87. The number of anilines is 3. The van der Waals surface area contributed by atoms with Crippen LogP contribution in [0.3, 0.4) is 0 Å². The van der Waals surface area contributed by atoms with Crippen LogP contribution >= 0.6 is 0 Å². The van der Waals surface area contributed by atoms with E-state index in [2.05, 4.69) is 264 Å². The number of para-hydroxylation sites is 3. The number of benzene rings is 11. The van der Waals surface area contributed by atoms with Crippen LogP contribution in [-0.2, 0) is 0 Å². The van der Waals surface area contributed by atoms with Crippen molar-refractivity contribution in [2.45, 2.75) is 0 Å². The van der Waals surface area contributed by atoms with Crippen LogP contribution in [0.5, 0.6) is 0 Å². The zero-order chi connectivity index (χ0) is 42.4. The maximum Gasteiger partial charge on any atom is 0.0547 e. The molecule has 0 amide bonds. The Morgan fingerprint density at radius 3 is 1.48 bits per heavy atom. The van der Waals surface area contributed by atoms with E-state index in [0.29, 0.717) is 0 Å². The van der Waals surface area contributed by atoms with Gasteiger partial charge in [-0.05, 0) is 97.9 Å². The molecule has 0 aliphatic carbocycles. The summed E-state index contributed by atoms with van der Waals surface area (Å²) in [6.45, 7) is 0. The van der Waals surface area contributed by atoms with Crippen molar-refractivity contribution in [1.82, 2.24) is 4.57 Å². The summed E-state index contributed by atoms with van der Waals surface area (Å²) in [4.78, 5) is 2.46. The van der Waals surface area contributed by atoms with Crippen molar-refractivity contribution in [2.75, 3.05) is 4.90 Å². The Morgan fingerprint density at radius 1 is 0.281 bits per heavy atom. The molecule has 1 aromatic heterocycles. The number of fused-ring (bicyclic) bond motifs is 5. The van der Waals surface area contributed by atoms with E-state index < -0.39 is 0 Å². The molecule has 64 heavy (non-hydrogen) atoms. The zero-order valence-electron chi connectivity index (χ0n) is 35.1. The maximum absolute atomic E-state index is 2.46. The molecule has 0 saturated carbocycles. The van der Waals surface area contributed by atoms with Gasteiger partial charge in [-0.2, -0.15) is 0 Å². The normalized spacial score (nSPS) is 11.4. The van der Waals surface area contributed by atoms with Crippen molar-refractivity contribution in [3.63, 3.8) is 0 Å². The van der Waals surface area contributed by atoms with Crippen molar-refractivity contribution in [3.05, 3.63) is 255 Å². The highest BCUT2D eigenvalue weighted by atomic mass is 15.1. The third-order valence-corrected chi connectivity index (χ3v) is 12.8. The fourth-order valence-electron chi connectivity index (χ4n) is 9.87. The van der Waals surface area contributed by atoms with Crippen molar-refractivity contribution in [2.24, 2.45) is 0 Å². The first-order valence-corrected chi connectivity index (χ1v) is 22.0. The number of nitrogens with zero attached hydrogens (tertiary/aromatic N) is 2. The predicted molar refractivity (Wildman–Crippen MR) is 272 cm³/mol. The second-order valence-corrected chi connectivity index (χ2v) is 16.4. The molecule has 0 spiro atoms. The van der Waals surface area contributed by atoms with Crippen LogP contribution in [0.4, 0.5) is 17.1 Å². The molecule has 0 fully saturated rings. The van der Waals surface area contributed by atoms with E-state index in [-0.39, 0.29) is 0 Å². The first kappa shape index (κ1) is 37.3. The maximum atomic E-state index is 2.46. The topological polar surface area (TPSA) is 8.17 Å². The zero-order valence-corrected chi connectivity index (χ0v) is 35.1. The van der Waals surface area contributed by atoms with Crippen molar-refractivity contribution >= 4 is 60.4 Å². The number of hydrogen-bond acceptors (Lipinski definition) is 1.